The van der Waals surface area contributed by atoms with Crippen LogP contribution in [0.3, 0.4) is 0 Å². The van der Waals surface area contributed by atoms with Crippen LogP contribution in [0.2, 0.25) is 0 Å². The number of nitrogens with one attached hydrogen (secondary N) is 1. The van der Waals surface area contributed by atoms with Crippen molar-refractivity contribution in [3.63, 3.8) is 0 Å². The second kappa shape index (κ2) is 5.34. The second-order valence-electron chi connectivity index (χ2n) is 4.85. The van der Waals surface area contributed by atoms with Crippen LogP contribution >= 0.6 is 0 Å². The van der Waals surface area contributed by atoms with E-state index >= 15 is 0 Å². The van der Waals surface area contributed by atoms with Gasteiger partial charge >= 0.3 is 0 Å². The Kier molecular flexibility index (Phi) is 4.08. The summed E-state index contributed by atoms with van der Waals surface area (Å²) in [6, 6.07) is 5.90. The molecule has 6 nitrogen and oxygen atoms in total. The highest BCUT2D eigenvalue weighted by atomic mass is 32.2. The zero-order valence-electron chi connectivity index (χ0n) is 11.4. The van der Waals surface area contributed by atoms with E-state index in [1.54, 1.807) is 19.2 Å². The molecule has 1 fully saturated rings. The van der Waals surface area contributed by atoms with Crippen LogP contribution in [0.4, 0.5) is 5.69 Å². The van der Waals surface area contributed by atoms with E-state index in [0.717, 1.165) is 5.69 Å². The van der Waals surface area contributed by atoms with Crippen molar-refractivity contribution in [1.82, 2.24) is 4.31 Å². The van der Waals surface area contributed by atoms with E-state index in [1.165, 1.54) is 23.5 Å². The number of anilines is 1. The minimum Gasteiger partial charge on any atom is -0.388 e. The zero-order chi connectivity index (χ0) is 15.0. The van der Waals surface area contributed by atoms with Crippen molar-refractivity contribution in [3.05, 3.63) is 24.3 Å². The maximum Gasteiger partial charge on any atom is 0.243 e. The van der Waals surface area contributed by atoms with Crippen LogP contribution in [0, 0.1) is 0 Å². The smallest absolute Gasteiger partial charge is 0.243 e. The molecular weight excluding hydrogens is 300 g/mol. The van der Waals surface area contributed by atoms with Crippen molar-refractivity contribution in [2.24, 2.45) is 0 Å². The lowest BCUT2D eigenvalue weighted by Gasteiger charge is -2.22. The molecule has 1 saturated heterocycles. The summed E-state index contributed by atoms with van der Waals surface area (Å²) >= 11 is 0. The normalized spacial score (nSPS) is 22.1. The first-order chi connectivity index (χ1) is 9.26. The van der Waals surface area contributed by atoms with Crippen molar-refractivity contribution < 1.29 is 16.8 Å². The summed E-state index contributed by atoms with van der Waals surface area (Å²) in [6.07, 6.45) is 0.354. The van der Waals surface area contributed by atoms with E-state index in [1.807, 2.05) is 0 Å². The van der Waals surface area contributed by atoms with Gasteiger partial charge < -0.3 is 5.32 Å². The van der Waals surface area contributed by atoms with Gasteiger partial charge in [0.25, 0.3) is 0 Å². The first-order valence-corrected chi connectivity index (χ1v) is 9.49. The quantitative estimate of drug-likeness (QED) is 0.876. The Morgan fingerprint density at radius 1 is 1.25 bits per heavy atom. The van der Waals surface area contributed by atoms with Crippen LogP contribution in [0.15, 0.2) is 29.2 Å². The predicted octanol–water partition coefficient (Wildman–Crippen LogP) is 0.536. The average molecular weight is 318 g/mol. The maximum atomic E-state index is 12.4. The van der Waals surface area contributed by atoms with Gasteiger partial charge in [-0.05, 0) is 30.7 Å². The van der Waals surface area contributed by atoms with Gasteiger partial charge in [0.2, 0.25) is 10.0 Å². The molecule has 0 bridgehead atoms. The van der Waals surface area contributed by atoms with Crippen molar-refractivity contribution in [1.29, 1.82) is 0 Å². The molecule has 1 heterocycles. The fraction of sp³-hybridized carbons (Fsp3) is 0.500. The molecule has 1 aliphatic heterocycles. The topological polar surface area (TPSA) is 83.6 Å². The Balaban J connectivity index is 2.25. The number of sulfonamides is 1. The number of rotatable bonds is 4. The van der Waals surface area contributed by atoms with Gasteiger partial charge in [-0.25, -0.2) is 16.8 Å². The van der Waals surface area contributed by atoms with E-state index in [2.05, 4.69) is 5.32 Å². The van der Waals surface area contributed by atoms with Gasteiger partial charge in [0.1, 0.15) is 0 Å². The highest BCUT2D eigenvalue weighted by Crippen LogP contribution is 2.24. The van der Waals surface area contributed by atoms with E-state index in [-0.39, 0.29) is 16.4 Å². The fourth-order valence-corrected chi connectivity index (χ4v) is 5.47. The van der Waals surface area contributed by atoms with Gasteiger partial charge in [-0.2, -0.15) is 4.31 Å². The molecule has 112 valence electrons. The molecule has 0 radical (unpaired) electrons. The number of sulfone groups is 1. The van der Waals surface area contributed by atoms with Crippen LogP contribution < -0.4 is 5.32 Å². The van der Waals surface area contributed by atoms with Crippen LogP contribution in [-0.4, -0.2) is 52.8 Å². The van der Waals surface area contributed by atoms with Crippen LogP contribution in [-0.2, 0) is 19.9 Å². The molecule has 1 aromatic carbocycles. The molecule has 0 amide bonds. The molecule has 1 aromatic rings. The molecule has 0 saturated carbocycles. The Bertz CT molecular complexity index is 681. The summed E-state index contributed by atoms with van der Waals surface area (Å²) in [7, 11) is -3.58. The Morgan fingerprint density at radius 3 is 2.30 bits per heavy atom. The third-order valence-electron chi connectivity index (χ3n) is 3.54. The summed E-state index contributed by atoms with van der Waals surface area (Å²) in [6.45, 7) is 0. The summed E-state index contributed by atoms with van der Waals surface area (Å²) < 4.78 is 49.0. The minimum absolute atomic E-state index is 0.0518. The molecule has 2 rings (SSSR count). The SMILES string of the molecule is CNc1ccc(S(=O)(=O)N(C)C2CCS(=O)(=O)C2)cc1. The Morgan fingerprint density at radius 2 is 1.85 bits per heavy atom. The summed E-state index contributed by atoms with van der Waals surface area (Å²) in [5.74, 6) is -0.0481. The fourth-order valence-electron chi connectivity index (χ4n) is 2.22. The number of nitrogens with zero attached hydrogens (tertiary/aromatic N) is 1. The zero-order valence-corrected chi connectivity index (χ0v) is 13.0. The first kappa shape index (κ1) is 15.3. The van der Waals surface area contributed by atoms with Gasteiger partial charge in [-0.1, -0.05) is 0 Å². The van der Waals surface area contributed by atoms with Gasteiger partial charge in [-0.3, -0.25) is 0 Å². The summed E-state index contributed by atoms with van der Waals surface area (Å²) in [5, 5.41) is 2.91. The molecule has 0 spiro atoms. The summed E-state index contributed by atoms with van der Waals surface area (Å²) in [4.78, 5) is 0.170. The predicted molar refractivity (Wildman–Crippen MR) is 78.0 cm³/mol. The molecule has 0 aliphatic carbocycles. The molecule has 1 N–H and O–H groups in total. The van der Waals surface area contributed by atoms with Crippen LogP contribution in [0.25, 0.3) is 0 Å². The lowest BCUT2D eigenvalue weighted by atomic mass is 10.3. The van der Waals surface area contributed by atoms with Gasteiger partial charge in [-0.15, -0.1) is 0 Å². The van der Waals surface area contributed by atoms with Crippen LogP contribution in [0.1, 0.15) is 6.42 Å². The molecular formula is C12H18N2O4S2. The highest BCUT2D eigenvalue weighted by molar-refractivity contribution is 7.92. The lowest BCUT2D eigenvalue weighted by molar-refractivity contribution is 0.394. The Hall–Kier alpha value is -1.12. The van der Waals surface area contributed by atoms with Crippen molar-refractivity contribution >= 4 is 25.5 Å². The van der Waals surface area contributed by atoms with Crippen molar-refractivity contribution in [2.75, 3.05) is 30.9 Å². The second-order valence-corrected chi connectivity index (χ2v) is 9.08. The monoisotopic (exact) mass is 318 g/mol. The largest absolute Gasteiger partial charge is 0.388 e. The minimum atomic E-state index is -3.66. The third kappa shape index (κ3) is 2.97. The summed E-state index contributed by atoms with van der Waals surface area (Å²) in [5.41, 5.74) is 0.815. The molecule has 1 atom stereocenters. The van der Waals surface area contributed by atoms with E-state index < -0.39 is 25.9 Å². The number of hydrogen-bond donors (Lipinski definition) is 1. The third-order valence-corrected chi connectivity index (χ3v) is 7.22. The molecule has 1 unspecified atom stereocenters. The van der Waals surface area contributed by atoms with E-state index in [4.69, 9.17) is 0 Å². The average Bonchev–Trinajstić information content (AvgIpc) is 2.78. The maximum absolute atomic E-state index is 12.4. The van der Waals surface area contributed by atoms with Gasteiger partial charge in [0.15, 0.2) is 9.84 Å². The number of benzene rings is 1. The lowest BCUT2D eigenvalue weighted by Crippen LogP contribution is -2.37. The van der Waals surface area contributed by atoms with Crippen molar-refractivity contribution in [2.45, 2.75) is 17.4 Å². The molecule has 0 aromatic heterocycles. The standard InChI is InChI=1S/C12H18N2O4S2/c1-13-10-3-5-12(6-4-10)20(17,18)14(2)11-7-8-19(15,16)9-11/h3-6,11,13H,7-9H2,1-2H3. The van der Waals surface area contributed by atoms with E-state index in [0.29, 0.717) is 6.42 Å². The molecule has 20 heavy (non-hydrogen) atoms. The van der Waals surface area contributed by atoms with Crippen molar-refractivity contribution in [3.8, 4) is 0 Å². The van der Waals surface area contributed by atoms with Crippen LogP contribution in [0.5, 0.6) is 0 Å². The first-order valence-electron chi connectivity index (χ1n) is 6.22. The number of hydrogen-bond acceptors (Lipinski definition) is 5. The molecule has 8 heteroatoms. The van der Waals surface area contributed by atoms with Gasteiger partial charge in [0.05, 0.1) is 16.4 Å². The molecule has 1 aliphatic rings. The highest BCUT2D eigenvalue weighted by Gasteiger charge is 2.36. The van der Waals surface area contributed by atoms with Gasteiger partial charge in [0, 0.05) is 25.8 Å². The Labute approximate surface area is 119 Å². The van der Waals surface area contributed by atoms with E-state index in [9.17, 15) is 16.8 Å².